The molecule has 0 aromatic carbocycles. The molecule has 0 aliphatic heterocycles. The lowest BCUT2D eigenvalue weighted by Crippen LogP contribution is -2.27. The van der Waals surface area contributed by atoms with E-state index in [4.69, 9.17) is 11.6 Å². The topological polar surface area (TPSA) is 66.5 Å². The van der Waals surface area contributed by atoms with Gasteiger partial charge in [-0.25, -0.2) is 4.98 Å². The number of nitrogens with one attached hydrogen (secondary N) is 2. The summed E-state index contributed by atoms with van der Waals surface area (Å²) in [7, 11) is 0. The molecule has 0 aliphatic carbocycles. The van der Waals surface area contributed by atoms with Gasteiger partial charge in [-0.15, -0.1) is 0 Å². The van der Waals surface area contributed by atoms with Gasteiger partial charge in [0.25, 0.3) is 0 Å². The van der Waals surface area contributed by atoms with Crippen LogP contribution in [0.3, 0.4) is 0 Å². The normalized spacial score (nSPS) is 12.4. The van der Waals surface area contributed by atoms with Crippen LogP contribution in [-0.4, -0.2) is 25.5 Å². The number of aromatic amines is 1. The van der Waals surface area contributed by atoms with Crippen LogP contribution in [0.1, 0.15) is 46.4 Å². The minimum absolute atomic E-state index is 0.110. The predicted molar refractivity (Wildman–Crippen MR) is 74.2 cm³/mol. The first-order valence-electron chi connectivity index (χ1n) is 5.97. The van der Waals surface area contributed by atoms with Gasteiger partial charge in [0.05, 0.1) is 0 Å². The van der Waals surface area contributed by atoms with Crippen molar-refractivity contribution < 1.29 is 0 Å². The number of hydrogen-bond acceptors (Lipinski definition) is 4. The second-order valence-corrected chi connectivity index (χ2v) is 6.03. The van der Waals surface area contributed by atoms with Crippen molar-refractivity contribution in [3.05, 3.63) is 11.1 Å². The van der Waals surface area contributed by atoms with Crippen molar-refractivity contribution in [2.75, 3.05) is 5.32 Å². The molecule has 0 saturated carbocycles. The zero-order valence-corrected chi connectivity index (χ0v) is 12.1. The molecule has 2 heterocycles. The van der Waals surface area contributed by atoms with Gasteiger partial charge in [0.1, 0.15) is 5.82 Å². The highest BCUT2D eigenvalue weighted by Gasteiger charge is 2.17. The molecule has 0 atom stereocenters. The van der Waals surface area contributed by atoms with E-state index < -0.39 is 0 Å². The van der Waals surface area contributed by atoms with Gasteiger partial charge in [0.15, 0.2) is 17.0 Å². The summed E-state index contributed by atoms with van der Waals surface area (Å²) in [5, 5.41) is 3.52. The van der Waals surface area contributed by atoms with E-state index in [9.17, 15) is 0 Å². The minimum Gasteiger partial charge on any atom is -0.363 e. The zero-order valence-electron chi connectivity index (χ0n) is 11.3. The summed E-state index contributed by atoms with van der Waals surface area (Å²) in [6, 6.07) is 0. The van der Waals surface area contributed by atoms with E-state index in [-0.39, 0.29) is 10.8 Å². The molecule has 0 aliphatic rings. The highest BCUT2D eigenvalue weighted by molar-refractivity contribution is 6.28. The van der Waals surface area contributed by atoms with Gasteiger partial charge in [0.2, 0.25) is 5.28 Å². The standard InChI is InChI=1S/C12H18ClN5/c1-6(2)8-14-7-9(15-8)16-11(13)17-10(7)18-12(3,4)5/h6H,1-5H3,(H2,14,15,16,17,18). The van der Waals surface area contributed by atoms with Crippen LogP contribution in [0.25, 0.3) is 11.2 Å². The van der Waals surface area contributed by atoms with Crippen molar-refractivity contribution in [2.45, 2.75) is 46.1 Å². The van der Waals surface area contributed by atoms with Crippen LogP contribution in [0, 0.1) is 0 Å². The molecule has 0 unspecified atom stereocenters. The Bertz CT molecular complexity index is 568. The largest absolute Gasteiger partial charge is 0.363 e. The molecule has 98 valence electrons. The second kappa shape index (κ2) is 4.39. The third-order valence-electron chi connectivity index (χ3n) is 2.38. The maximum atomic E-state index is 5.93. The summed E-state index contributed by atoms with van der Waals surface area (Å²) in [4.78, 5) is 16.1. The molecular formula is C12H18ClN5. The first-order valence-corrected chi connectivity index (χ1v) is 6.35. The van der Waals surface area contributed by atoms with Crippen molar-refractivity contribution in [1.29, 1.82) is 0 Å². The lowest BCUT2D eigenvalue weighted by molar-refractivity contribution is 0.631. The van der Waals surface area contributed by atoms with Gasteiger partial charge < -0.3 is 10.3 Å². The number of anilines is 1. The maximum Gasteiger partial charge on any atom is 0.226 e. The van der Waals surface area contributed by atoms with Crippen LogP contribution >= 0.6 is 11.6 Å². The lowest BCUT2D eigenvalue weighted by Gasteiger charge is -2.21. The molecule has 6 heteroatoms. The van der Waals surface area contributed by atoms with E-state index >= 15 is 0 Å². The Kier molecular flexibility index (Phi) is 3.19. The summed E-state index contributed by atoms with van der Waals surface area (Å²) in [5.74, 6) is 1.86. The third-order valence-corrected chi connectivity index (χ3v) is 2.54. The van der Waals surface area contributed by atoms with E-state index in [1.165, 1.54) is 0 Å². The van der Waals surface area contributed by atoms with E-state index in [2.05, 4.69) is 59.9 Å². The Balaban J connectivity index is 2.57. The number of imidazole rings is 1. The van der Waals surface area contributed by atoms with Crippen LogP contribution in [0.4, 0.5) is 5.82 Å². The smallest absolute Gasteiger partial charge is 0.226 e. The molecule has 0 fully saturated rings. The van der Waals surface area contributed by atoms with Crippen molar-refractivity contribution in [1.82, 2.24) is 19.9 Å². The Morgan fingerprint density at radius 1 is 1.17 bits per heavy atom. The molecule has 0 spiro atoms. The maximum absolute atomic E-state index is 5.93. The molecule has 0 radical (unpaired) electrons. The molecule has 0 amide bonds. The molecule has 5 nitrogen and oxygen atoms in total. The van der Waals surface area contributed by atoms with Gasteiger partial charge in [-0.05, 0) is 32.4 Å². The highest BCUT2D eigenvalue weighted by atomic mass is 35.5. The Morgan fingerprint density at radius 2 is 1.83 bits per heavy atom. The Hall–Kier alpha value is -1.36. The molecule has 2 rings (SSSR count). The third kappa shape index (κ3) is 2.72. The summed E-state index contributed by atoms with van der Waals surface area (Å²) in [6.45, 7) is 10.3. The van der Waals surface area contributed by atoms with Gasteiger partial charge in [-0.2, -0.15) is 9.97 Å². The monoisotopic (exact) mass is 267 g/mol. The molecule has 2 aromatic rings. The molecule has 2 N–H and O–H groups in total. The lowest BCUT2D eigenvalue weighted by atomic mass is 10.1. The molecular weight excluding hydrogens is 250 g/mol. The van der Waals surface area contributed by atoms with E-state index in [1.54, 1.807) is 0 Å². The van der Waals surface area contributed by atoms with E-state index in [0.29, 0.717) is 17.4 Å². The van der Waals surface area contributed by atoms with Gasteiger partial charge in [-0.3, -0.25) is 0 Å². The number of fused-ring (bicyclic) bond motifs is 1. The molecule has 0 bridgehead atoms. The Morgan fingerprint density at radius 3 is 2.39 bits per heavy atom. The van der Waals surface area contributed by atoms with Crippen LogP contribution in [-0.2, 0) is 0 Å². The first kappa shape index (κ1) is 13.1. The summed E-state index contributed by atoms with van der Waals surface area (Å²) < 4.78 is 0. The fraction of sp³-hybridized carbons (Fsp3) is 0.583. The van der Waals surface area contributed by atoms with Gasteiger partial charge in [-0.1, -0.05) is 13.8 Å². The predicted octanol–water partition coefficient (Wildman–Crippen LogP) is 3.34. The number of aromatic nitrogens is 4. The number of halogens is 1. The summed E-state index contributed by atoms with van der Waals surface area (Å²) in [6.07, 6.45) is 0. The molecule has 2 aromatic heterocycles. The minimum atomic E-state index is -0.110. The fourth-order valence-electron chi connectivity index (χ4n) is 1.61. The van der Waals surface area contributed by atoms with Crippen molar-refractivity contribution in [3.63, 3.8) is 0 Å². The van der Waals surface area contributed by atoms with E-state index in [1.807, 2.05) is 0 Å². The molecule has 0 saturated heterocycles. The number of hydrogen-bond donors (Lipinski definition) is 2. The Labute approximate surface area is 111 Å². The average molecular weight is 268 g/mol. The number of rotatable bonds is 2. The van der Waals surface area contributed by atoms with Crippen LogP contribution in [0.5, 0.6) is 0 Å². The van der Waals surface area contributed by atoms with Crippen LogP contribution in [0.2, 0.25) is 5.28 Å². The fourth-order valence-corrected chi connectivity index (χ4v) is 1.78. The van der Waals surface area contributed by atoms with Gasteiger partial charge in [0, 0.05) is 11.5 Å². The quantitative estimate of drug-likeness (QED) is 0.819. The van der Waals surface area contributed by atoms with Crippen LogP contribution in [0.15, 0.2) is 0 Å². The SMILES string of the molecule is CC(C)c1nc2c(NC(C)(C)C)nc(Cl)nc2[nH]1. The average Bonchev–Trinajstić information content (AvgIpc) is 2.58. The van der Waals surface area contributed by atoms with Crippen molar-refractivity contribution in [2.24, 2.45) is 0 Å². The first-order chi connectivity index (χ1) is 8.26. The van der Waals surface area contributed by atoms with Crippen molar-refractivity contribution in [3.8, 4) is 0 Å². The number of H-pyrrole nitrogens is 1. The highest BCUT2D eigenvalue weighted by Crippen LogP contribution is 2.24. The van der Waals surface area contributed by atoms with Crippen LogP contribution < -0.4 is 5.32 Å². The summed E-state index contributed by atoms with van der Waals surface area (Å²) >= 11 is 5.93. The second-order valence-electron chi connectivity index (χ2n) is 5.69. The summed E-state index contributed by atoms with van der Waals surface area (Å²) in [5.41, 5.74) is 1.30. The van der Waals surface area contributed by atoms with E-state index in [0.717, 1.165) is 11.3 Å². The zero-order chi connectivity index (χ0) is 13.5. The molecule has 18 heavy (non-hydrogen) atoms. The number of nitrogens with zero attached hydrogens (tertiary/aromatic N) is 3. The van der Waals surface area contributed by atoms with Gasteiger partial charge >= 0.3 is 0 Å². The van der Waals surface area contributed by atoms with Crippen molar-refractivity contribution >= 4 is 28.6 Å².